The minimum absolute atomic E-state index is 0.00267. The number of amides is 2. The Bertz CT molecular complexity index is 2900. The molecule has 0 saturated heterocycles. The smallest absolute Gasteiger partial charge is 0.421 e. The second-order valence-corrected chi connectivity index (χ2v) is 16.9. The normalized spacial score (nSPS) is 11.8. The van der Waals surface area contributed by atoms with Crippen molar-refractivity contribution in [1.82, 2.24) is 39.2 Å². The van der Waals surface area contributed by atoms with Crippen LogP contribution in [0.4, 0.5) is 34.4 Å². The number of fused-ring (bicyclic) bond motifs is 2. The second kappa shape index (κ2) is 18.6. The van der Waals surface area contributed by atoms with Gasteiger partial charge >= 0.3 is 18.4 Å². The number of carbonyl (C=O) groups is 2. The SMILES string of the molecule is CC(C)(C)OC(=O)N(Cc1cccnc1)c1cc(-c2ccccc2)nc2c(C(F)(F)F)cnn12.Cc1cnn2c(N(Cc3cccnc3)C(=O)OC(C)(C)C)cc(-c3ccccc3)nc12. The number of aryl methyl sites for hydroxylation is 1. The highest BCUT2D eigenvalue weighted by Gasteiger charge is 2.37. The zero-order chi connectivity index (χ0) is 46.5. The lowest BCUT2D eigenvalue weighted by molar-refractivity contribution is -0.136. The van der Waals surface area contributed by atoms with Gasteiger partial charge in [-0.15, -0.1) is 0 Å². The number of hydrogen-bond donors (Lipinski definition) is 0. The molecule has 2 aromatic carbocycles. The van der Waals surface area contributed by atoms with Crippen LogP contribution in [0, 0.1) is 6.92 Å². The van der Waals surface area contributed by atoms with Crippen LogP contribution >= 0.6 is 0 Å². The van der Waals surface area contributed by atoms with Crippen LogP contribution in [0.1, 0.15) is 63.8 Å². The van der Waals surface area contributed by atoms with Gasteiger partial charge in [-0.3, -0.25) is 19.8 Å². The molecule has 0 saturated carbocycles. The number of hydrogen-bond acceptors (Lipinski definition) is 10. The summed E-state index contributed by atoms with van der Waals surface area (Å²) in [5.41, 5.74) is 2.81. The van der Waals surface area contributed by atoms with Crippen LogP contribution in [-0.4, -0.2) is 62.6 Å². The number of halogens is 3. The van der Waals surface area contributed by atoms with Crippen LogP contribution in [0.15, 0.2) is 134 Å². The van der Waals surface area contributed by atoms with E-state index < -0.39 is 40.8 Å². The van der Waals surface area contributed by atoms with Gasteiger partial charge in [0, 0.05) is 53.6 Å². The molecule has 0 unspecified atom stereocenters. The molecule has 0 radical (unpaired) electrons. The van der Waals surface area contributed by atoms with Gasteiger partial charge in [-0.2, -0.15) is 32.4 Å². The maximum Gasteiger partial charge on any atom is 0.421 e. The number of pyridine rings is 2. The first kappa shape index (κ1) is 45.3. The van der Waals surface area contributed by atoms with Crippen molar-refractivity contribution < 1.29 is 32.2 Å². The van der Waals surface area contributed by atoms with Crippen LogP contribution in [0.3, 0.4) is 0 Å². The number of anilines is 2. The van der Waals surface area contributed by atoms with Crippen LogP contribution in [0.2, 0.25) is 0 Å². The van der Waals surface area contributed by atoms with E-state index in [0.29, 0.717) is 28.8 Å². The molecule has 2 amide bonds. The third kappa shape index (κ3) is 11.1. The molecule has 0 aliphatic rings. The van der Waals surface area contributed by atoms with Gasteiger partial charge in [0.05, 0.1) is 36.9 Å². The van der Waals surface area contributed by atoms with Gasteiger partial charge in [0.25, 0.3) is 0 Å². The summed E-state index contributed by atoms with van der Waals surface area (Å²) < 4.78 is 55.2. The molecule has 6 heterocycles. The van der Waals surface area contributed by atoms with E-state index in [2.05, 4.69) is 25.1 Å². The summed E-state index contributed by atoms with van der Waals surface area (Å²) in [6.07, 6.45) is 3.17. The Morgan fingerprint density at radius 3 is 1.43 bits per heavy atom. The van der Waals surface area contributed by atoms with Crippen molar-refractivity contribution in [3.05, 3.63) is 156 Å². The summed E-state index contributed by atoms with van der Waals surface area (Å²) >= 11 is 0. The van der Waals surface area contributed by atoms with Crippen molar-refractivity contribution in [3.8, 4) is 22.5 Å². The largest absolute Gasteiger partial charge is 0.443 e. The van der Waals surface area contributed by atoms with Crippen molar-refractivity contribution in [2.24, 2.45) is 0 Å². The molecule has 8 aromatic rings. The quantitative estimate of drug-likeness (QED) is 0.145. The van der Waals surface area contributed by atoms with Crippen molar-refractivity contribution in [3.63, 3.8) is 0 Å². The summed E-state index contributed by atoms with van der Waals surface area (Å²) in [5, 5.41) is 8.41. The molecule has 0 spiro atoms. The lowest BCUT2D eigenvalue weighted by atomic mass is 10.1. The highest BCUT2D eigenvalue weighted by atomic mass is 19.4. The minimum atomic E-state index is -4.68. The molecule has 17 heteroatoms. The number of benzene rings is 2. The van der Waals surface area contributed by atoms with E-state index in [1.807, 2.05) is 76.2 Å². The highest BCUT2D eigenvalue weighted by Crippen LogP contribution is 2.36. The van der Waals surface area contributed by atoms with Crippen LogP contribution < -0.4 is 9.80 Å². The molecule has 0 atom stereocenters. The van der Waals surface area contributed by atoms with Gasteiger partial charge < -0.3 is 9.47 Å². The highest BCUT2D eigenvalue weighted by molar-refractivity contribution is 5.89. The van der Waals surface area contributed by atoms with Crippen molar-refractivity contribution in [2.75, 3.05) is 9.80 Å². The fourth-order valence-corrected chi connectivity index (χ4v) is 6.56. The monoisotopic (exact) mass is 884 g/mol. The first-order valence-electron chi connectivity index (χ1n) is 20.6. The predicted molar refractivity (Wildman–Crippen MR) is 240 cm³/mol. The Kier molecular flexibility index (Phi) is 13.0. The zero-order valence-corrected chi connectivity index (χ0v) is 36.9. The Balaban J connectivity index is 0.000000195. The zero-order valence-electron chi connectivity index (χ0n) is 36.9. The first-order chi connectivity index (χ1) is 30.8. The van der Waals surface area contributed by atoms with Gasteiger partial charge in [0.2, 0.25) is 0 Å². The third-order valence-electron chi connectivity index (χ3n) is 9.43. The first-order valence-corrected chi connectivity index (χ1v) is 20.6. The summed E-state index contributed by atoms with van der Waals surface area (Å²) in [6, 6.07) is 29.2. The van der Waals surface area contributed by atoms with E-state index in [1.54, 1.807) is 104 Å². The van der Waals surface area contributed by atoms with Crippen LogP contribution in [0.5, 0.6) is 0 Å². The van der Waals surface area contributed by atoms with E-state index in [1.165, 1.54) is 11.0 Å². The summed E-state index contributed by atoms with van der Waals surface area (Å²) in [7, 11) is 0. The molecular formula is C48H47F3N10O4. The lowest BCUT2D eigenvalue weighted by Crippen LogP contribution is -2.37. The standard InChI is InChI=1S/C24H22F3N5O2.C24H25N5O2/c1-23(2,3)34-22(33)31(15-16-8-7-11-28-13-16)20-12-19(17-9-5-4-6-10-17)30-21-18(24(25,26)27)14-29-32(20)21;1-17-14-26-29-21(13-20(27-22(17)29)19-10-6-5-7-11-19)28(23(30)31-24(2,3)4)16-18-9-8-12-25-15-18/h4-14H,15H2,1-3H3;5-15H,16H2,1-4H3. The number of alkyl halides is 3. The van der Waals surface area contributed by atoms with Gasteiger partial charge in [-0.05, 0) is 71.7 Å². The molecule has 65 heavy (non-hydrogen) atoms. The lowest BCUT2D eigenvalue weighted by Gasteiger charge is -2.28. The van der Waals surface area contributed by atoms with Crippen molar-refractivity contribution in [1.29, 1.82) is 0 Å². The van der Waals surface area contributed by atoms with Gasteiger partial charge in [0.1, 0.15) is 28.4 Å². The molecule has 0 aliphatic carbocycles. The topological polar surface area (TPSA) is 145 Å². The Morgan fingerprint density at radius 2 is 1.02 bits per heavy atom. The average Bonchev–Trinajstić information content (AvgIpc) is 3.88. The molecule has 0 N–H and O–H groups in total. The van der Waals surface area contributed by atoms with E-state index in [-0.39, 0.29) is 24.6 Å². The maximum absolute atomic E-state index is 13.7. The number of ether oxygens (including phenoxy) is 2. The van der Waals surface area contributed by atoms with Gasteiger partial charge in [-0.25, -0.2) is 19.6 Å². The third-order valence-corrected chi connectivity index (χ3v) is 9.43. The predicted octanol–water partition coefficient (Wildman–Crippen LogP) is 10.8. The van der Waals surface area contributed by atoms with Crippen molar-refractivity contribution >= 4 is 35.1 Å². The van der Waals surface area contributed by atoms with E-state index in [9.17, 15) is 22.8 Å². The number of nitrogens with zero attached hydrogens (tertiary/aromatic N) is 10. The van der Waals surface area contributed by atoms with E-state index in [4.69, 9.17) is 14.5 Å². The number of carbonyl (C=O) groups excluding carboxylic acids is 2. The van der Waals surface area contributed by atoms with Crippen LogP contribution in [0.25, 0.3) is 33.8 Å². The van der Waals surface area contributed by atoms with Gasteiger partial charge in [-0.1, -0.05) is 72.8 Å². The molecular weight excluding hydrogens is 838 g/mol. The van der Waals surface area contributed by atoms with E-state index in [0.717, 1.165) is 26.9 Å². The second-order valence-electron chi connectivity index (χ2n) is 16.9. The Hall–Kier alpha value is -7.69. The molecule has 0 fully saturated rings. The minimum Gasteiger partial charge on any atom is -0.443 e. The Morgan fingerprint density at radius 1 is 0.585 bits per heavy atom. The number of aromatic nitrogens is 8. The molecule has 6 aromatic heterocycles. The van der Waals surface area contributed by atoms with E-state index >= 15 is 0 Å². The molecule has 0 aliphatic heterocycles. The summed E-state index contributed by atoms with van der Waals surface area (Å²) in [5.74, 6) is 0.660. The van der Waals surface area contributed by atoms with Crippen molar-refractivity contribution in [2.45, 2.75) is 78.9 Å². The molecule has 8 rings (SSSR count). The van der Waals surface area contributed by atoms with Crippen LogP contribution in [-0.2, 0) is 28.7 Å². The number of rotatable bonds is 8. The fraction of sp³-hybridized carbons (Fsp3) is 0.250. The molecule has 334 valence electrons. The summed E-state index contributed by atoms with van der Waals surface area (Å²) in [4.78, 5) is 46.6. The summed E-state index contributed by atoms with van der Waals surface area (Å²) in [6.45, 7) is 12.9. The molecule has 14 nitrogen and oxygen atoms in total. The maximum atomic E-state index is 13.7. The average molecular weight is 885 g/mol. The fourth-order valence-electron chi connectivity index (χ4n) is 6.56. The Labute approximate surface area is 373 Å². The molecule has 0 bridgehead atoms. The van der Waals surface area contributed by atoms with Gasteiger partial charge in [0.15, 0.2) is 11.3 Å².